The van der Waals surface area contributed by atoms with Crippen molar-refractivity contribution in [1.82, 2.24) is 0 Å². The third-order valence-electron chi connectivity index (χ3n) is 3.14. The Morgan fingerprint density at radius 3 is 2.63 bits per heavy atom. The number of benzene rings is 2. The van der Waals surface area contributed by atoms with Gasteiger partial charge in [-0.15, -0.1) is 0 Å². The van der Waals surface area contributed by atoms with Crippen LogP contribution in [-0.2, 0) is 6.42 Å². The van der Waals surface area contributed by atoms with Gasteiger partial charge in [-0.25, -0.2) is 4.39 Å². The van der Waals surface area contributed by atoms with Crippen LogP contribution >= 0.6 is 11.6 Å². The Morgan fingerprint density at radius 1 is 1.26 bits per heavy atom. The molecule has 0 aromatic heterocycles. The molecule has 0 aliphatic carbocycles. The highest BCUT2D eigenvalue weighted by atomic mass is 35.5. The van der Waals surface area contributed by atoms with E-state index in [0.29, 0.717) is 17.9 Å². The van der Waals surface area contributed by atoms with E-state index < -0.39 is 5.82 Å². The summed E-state index contributed by atoms with van der Waals surface area (Å²) in [5.74, 6) is 0.304. The first-order chi connectivity index (χ1) is 9.01. The van der Waals surface area contributed by atoms with Crippen LogP contribution in [0.15, 0.2) is 30.3 Å². The Kier molecular flexibility index (Phi) is 3.96. The molecular weight excluding hydrogens is 265 g/mol. The van der Waals surface area contributed by atoms with Crippen molar-refractivity contribution in [3.05, 3.63) is 57.9 Å². The predicted molar refractivity (Wildman–Crippen MR) is 76.4 cm³/mol. The number of halogens is 2. The molecule has 0 fully saturated rings. The van der Waals surface area contributed by atoms with E-state index in [1.54, 1.807) is 25.3 Å². The van der Waals surface area contributed by atoms with Gasteiger partial charge in [-0.3, -0.25) is 0 Å². The number of hydrogen-bond acceptors (Lipinski definition) is 2. The SMILES string of the molecule is COc1cc(N)c(C)c(Cc2ccc(F)c(Cl)c2)c1. The van der Waals surface area contributed by atoms with Crippen LogP contribution in [0, 0.1) is 12.7 Å². The fourth-order valence-corrected chi connectivity index (χ4v) is 2.14. The summed E-state index contributed by atoms with van der Waals surface area (Å²) in [7, 11) is 1.60. The van der Waals surface area contributed by atoms with Gasteiger partial charge in [-0.1, -0.05) is 17.7 Å². The zero-order valence-corrected chi connectivity index (χ0v) is 11.6. The van der Waals surface area contributed by atoms with Crippen molar-refractivity contribution in [2.75, 3.05) is 12.8 Å². The Morgan fingerprint density at radius 2 is 2.00 bits per heavy atom. The highest BCUT2D eigenvalue weighted by Crippen LogP contribution is 2.27. The lowest BCUT2D eigenvalue weighted by atomic mass is 9.99. The molecule has 2 aromatic rings. The van der Waals surface area contributed by atoms with E-state index in [4.69, 9.17) is 22.1 Å². The summed E-state index contributed by atoms with van der Waals surface area (Å²) in [4.78, 5) is 0. The molecule has 0 heterocycles. The van der Waals surface area contributed by atoms with E-state index >= 15 is 0 Å². The average molecular weight is 280 g/mol. The Balaban J connectivity index is 2.37. The van der Waals surface area contributed by atoms with Crippen molar-refractivity contribution < 1.29 is 9.13 Å². The van der Waals surface area contributed by atoms with Gasteiger partial charge in [-0.05, 0) is 48.2 Å². The van der Waals surface area contributed by atoms with E-state index in [2.05, 4.69) is 0 Å². The van der Waals surface area contributed by atoms with E-state index in [1.807, 2.05) is 13.0 Å². The largest absolute Gasteiger partial charge is 0.497 e. The van der Waals surface area contributed by atoms with E-state index in [-0.39, 0.29) is 5.02 Å². The lowest BCUT2D eigenvalue weighted by Crippen LogP contribution is -1.99. The second-order valence-corrected chi connectivity index (χ2v) is 4.83. The smallest absolute Gasteiger partial charge is 0.141 e. The normalized spacial score (nSPS) is 10.5. The first-order valence-corrected chi connectivity index (χ1v) is 6.26. The molecule has 0 bridgehead atoms. The molecule has 4 heteroatoms. The molecule has 0 aliphatic heterocycles. The van der Waals surface area contributed by atoms with Crippen LogP contribution in [0.25, 0.3) is 0 Å². The summed E-state index contributed by atoms with van der Waals surface area (Å²) < 4.78 is 18.3. The van der Waals surface area contributed by atoms with Crippen molar-refractivity contribution in [2.45, 2.75) is 13.3 Å². The Hall–Kier alpha value is -1.74. The molecule has 19 heavy (non-hydrogen) atoms. The van der Waals surface area contributed by atoms with Gasteiger partial charge in [0.25, 0.3) is 0 Å². The predicted octanol–water partition coefficient (Wildman–Crippen LogP) is 3.97. The molecule has 0 saturated heterocycles. The molecule has 100 valence electrons. The number of ether oxygens (including phenoxy) is 1. The zero-order valence-electron chi connectivity index (χ0n) is 10.8. The van der Waals surface area contributed by atoms with Crippen molar-refractivity contribution in [3.63, 3.8) is 0 Å². The molecule has 2 nitrogen and oxygen atoms in total. The van der Waals surface area contributed by atoms with Crippen LogP contribution in [0.3, 0.4) is 0 Å². The summed E-state index contributed by atoms with van der Waals surface area (Å²) >= 11 is 5.79. The summed E-state index contributed by atoms with van der Waals surface area (Å²) in [5.41, 5.74) is 9.60. The Bertz CT molecular complexity index is 613. The zero-order chi connectivity index (χ0) is 14.0. The molecule has 2 aromatic carbocycles. The van der Waals surface area contributed by atoms with Gasteiger partial charge in [0.2, 0.25) is 0 Å². The summed E-state index contributed by atoms with van der Waals surface area (Å²) in [5, 5.41) is 0.131. The quantitative estimate of drug-likeness (QED) is 0.863. The first-order valence-electron chi connectivity index (χ1n) is 5.88. The van der Waals surface area contributed by atoms with Crippen LogP contribution in [0.5, 0.6) is 5.75 Å². The van der Waals surface area contributed by atoms with Crippen LogP contribution < -0.4 is 10.5 Å². The van der Waals surface area contributed by atoms with Crippen LogP contribution in [0.2, 0.25) is 5.02 Å². The first kappa shape index (κ1) is 13.7. The van der Waals surface area contributed by atoms with Crippen molar-refractivity contribution in [1.29, 1.82) is 0 Å². The van der Waals surface area contributed by atoms with Gasteiger partial charge >= 0.3 is 0 Å². The second-order valence-electron chi connectivity index (χ2n) is 4.43. The summed E-state index contributed by atoms with van der Waals surface area (Å²) in [6, 6.07) is 8.44. The molecule has 0 radical (unpaired) electrons. The molecule has 2 rings (SSSR count). The molecule has 0 spiro atoms. The van der Waals surface area contributed by atoms with Crippen LogP contribution in [0.4, 0.5) is 10.1 Å². The molecule has 0 atom stereocenters. The van der Waals surface area contributed by atoms with Gasteiger partial charge in [0.15, 0.2) is 0 Å². The van der Waals surface area contributed by atoms with Gasteiger partial charge in [0, 0.05) is 11.8 Å². The standard InChI is InChI=1S/C15H15ClFNO/c1-9-11(7-12(19-2)8-15(9)18)5-10-3-4-14(17)13(16)6-10/h3-4,6-8H,5,18H2,1-2H3. The Labute approximate surface area is 117 Å². The summed E-state index contributed by atoms with van der Waals surface area (Å²) in [6.45, 7) is 1.95. The topological polar surface area (TPSA) is 35.2 Å². The number of nitrogens with two attached hydrogens (primary N) is 1. The maximum atomic E-state index is 13.1. The van der Waals surface area contributed by atoms with E-state index in [9.17, 15) is 4.39 Å². The van der Waals surface area contributed by atoms with E-state index in [0.717, 1.165) is 16.7 Å². The lowest BCUT2D eigenvalue weighted by molar-refractivity contribution is 0.414. The number of rotatable bonds is 3. The van der Waals surface area contributed by atoms with Crippen LogP contribution in [0.1, 0.15) is 16.7 Å². The molecule has 2 N–H and O–H groups in total. The van der Waals surface area contributed by atoms with Crippen molar-refractivity contribution >= 4 is 17.3 Å². The van der Waals surface area contributed by atoms with Crippen molar-refractivity contribution in [2.24, 2.45) is 0 Å². The maximum Gasteiger partial charge on any atom is 0.141 e. The highest BCUT2D eigenvalue weighted by molar-refractivity contribution is 6.30. The van der Waals surface area contributed by atoms with Gasteiger partial charge in [-0.2, -0.15) is 0 Å². The minimum Gasteiger partial charge on any atom is -0.497 e. The number of nitrogen functional groups attached to an aromatic ring is 1. The molecule has 0 unspecified atom stereocenters. The molecule has 0 amide bonds. The molecule has 0 saturated carbocycles. The summed E-state index contributed by atoms with van der Waals surface area (Å²) in [6.07, 6.45) is 0.632. The number of anilines is 1. The van der Waals surface area contributed by atoms with Gasteiger partial charge < -0.3 is 10.5 Å². The maximum absolute atomic E-state index is 13.1. The molecule has 0 aliphatic rings. The third-order valence-corrected chi connectivity index (χ3v) is 3.43. The monoisotopic (exact) mass is 279 g/mol. The van der Waals surface area contributed by atoms with E-state index in [1.165, 1.54) is 6.07 Å². The highest BCUT2D eigenvalue weighted by Gasteiger charge is 2.08. The van der Waals surface area contributed by atoms with Crippen LogP contribution in [-0.4, -0.2) is 7.11 Å². The number of methoxy groups -OCH3 is 1. The lowest BCUT2D eigenvalue weighted by Gasteiger charge is -2.12. The number of hydrogen-bond donors (Lipinski definition) is 1. The van der Waals surface area contributed by atoms with Gasteiger partial charge in [0.05, 0.1) is 12.1 Å². The second kappa shape index (κ2) is 5.49. The van der Waals surface area contributed by atoms with Crippen molar-refractivity contribution in [3.8, 4) is 5.75 Å². The van der Waals surface area contributed by atoms with Gasteiger partial charge in [0.1, 0.15) is 11.6 Å². The third kappa shape index (κ3) is 2.99. The fourth-order valence-electron chi connectivity index (χ4n) is 1.94. The minimum absolute atomic E-state index is 0.131. The fraction of sp³-hybridized carbons (Fsp3) is 0.200. The minimum atomic E-state index is -0.410. The average Bonchev–Trinajstić information content (AvgIpc) is 2.39. The molecular formula is C15H15ClFNO.